The van der Waals surface area contributed by atoms with Crippen LogP contribution >= 0.6 is 0 Å². The molecule has 1 saturated heterocycles. The lowest BCUT2D eigenvalue weighted by atomic mass is 9.90. The molecule has 1 aliphatic rings. The first kappa shape index (κ1) is 14.5. The molecule has 1 fully saturated rings. The average Bonchev–Trinajstić information content (AvgIpc) is 2.29. The zero-order valence-electron chi connectivity index (χ0n) is 11.5. The van der Waals surface area contributed by atoms with Crippen LogP contribution in [0.1, 0.15) is 39.5 Å². The second-order valence-electron chi connectivity index (χ2n) is 5.49. The highest BCUT2D eigenvalue weighted by atomic mass is 16.5. The van der Waals surface area contributed by atoms with Crippen molar-refractivity contribution in [3.8, 4) is 0 Å². The van der Waals surface area contributed by atoms with E-state index >= 15 is 0 Å². The summed E-state index contributed by atoms with van der Waals surface area (Å²) in [6.45, 7) is 7.68. The van der Waals surface area contributed by atoms with E-state index < -0.39 is 5.60 Å². The van der Waals surface area contributed by atoms with Gasteiger partial charge in [-0.05, 0) is 38.1 Å². The third-order valence-corrected chi connectivity index (χ3v) is 3.80. The van der Waals surface area contributed by atoms with Crippen LogP contribution < -0.4 is 5.73 Å². The van der Waals surface area contributed by atoms with E-state index in [-0.39, 0.29) is 5.84 Å². The summed E-state index contributed by atoms with van der Waals surface area (Å²) in [5, 5.41) is 7.63. The molecule has 4 heteroatoms. The number of likely N-dealkylation sites (tertiary alicyclic amines) is 1. The molecule has 0 saturated carbocycles. The van der Waals surface area contributed by atoms with Gasteiger partial charge in [-0.1, -0.05) is 13.8 Å². The number of nitrogens with two attached hydrogens (primary N) is 1. The zero-order chi connectivity index (χ0) is 12.9. The van der Waals surface area contributed by atoms with Gasteiger partial charge in [-0.15, -0.1) is 0 Å². The Balaban J connectivity index is 2.32. The van der Waals surface area contributed by atoms with E-state index in [0.717, 1.165) is 38.4 Å². The molecule has 3 N–H and O–H groups in total. The van der Waals surface area contributed by atoms with Crippen molar-refractivity contribution in [1.82, 2.24) is 4.90 Å². The van der Waals surface area contributed by atoms with Crippen LogP contribution in [-0.4, -0.2) is 43.1 Å². The van der Waals surface area contributed by atoms with Gasteiger partial charge in [0, 0.05) is 20.2 Å². The quantitative estimate of drug-likeness (QED) is 0.551. The van der Waals surface area contributed by atoms with E-state index in [1.165, 1.54) is 12.8 Å². The number of nitrogens with one attached hydrogen (secondary N) is 1. The smallest absolute Gasteiger partial charge is 0.126 e. The lowest BCUT2D eigenvalue weighted by Crippen LogP contribution is -2.53. The molecule has 1 rings (SSSR count). The van der Waals surface area contributed by atoms with Crippen molar-refractivity contribution in [2.75, 3.05) is 26.7 Å². The van der Waals surface area contributed by atoms with Crippen LogP contribution in [-0.2, 0) is 4.74 Å². The van der Waals surface area contributed by atoms with Gasteiger partial charge in [-0.3, -0.25) is 5.41 Å². The van der Waals surface area contributed by atoms with Crippen LogP contribution in [0.15, 0.2) is 0 Å². The Morgan fingerprint density at radius 2 is 2.00 bits per heavy atom. The summed E-state index contributed by atoms with van der Waals surface area (Å²) in [5.74, 6) is 0.969. The first-order valence-electron chi connectivity index (χ1n) is 6.62. The summed E-state index contributed by atoms with van der Waals surface area (Å²) in [7, 11) is 1.66. The van der Waals surface area contributed by atoms with Gasteiger partial charge in [0.15, 0.2) is 0 Å². The van der Waals surface area contributed by atoms with Crippen molar-refractivity contribution in [1.29, 1.82) is 5.41 Å². The SMILES string of the molecule is COC1(C(=N)N)CCN(CCCC(C)C)CC1. The molecule has 1 heterocycles. The first-order chi connectivity index (χ1) is 8.00. The Kier molecular flexibility index (Phi) is 5.40. The van der Waals surface area contributed by atoms with Crippen molar-refractivity contribution in [2.24, 2.45) is 11.7 Å². The molecule has 0 spiro atoms. The van der Waals surface area contributed by atoms with Gasteiger partial charge in [-0.2, -0.15) is 0 Å². The minimum absolute atomic E-state index is 0.182. The standard InChI is InChI=1S/C13H27N3O/c1-11(2)5-4-8-16-9-6-13(17-3,7-10-16)12(14)15/h11H,4-10H2,1-3H3,(H3,14,15). The predicted molar refractivity (Wildman–Crippen MR) is 71.4 cm³/mol. The molecular formula is C13H27N3O. The first-order valence-corrected chi connectivity index (χ1v) is 6.62. The molecule has 0 aromatic rings. The van der Waals surface area contributed by atoms with Crippen molar-refractivity contribution >= 4 is 5.84 Å². The third kappa shape index (κ3) is 3.96. The molecule has 0 atom stereocenters. The van der Waals surface area contributed by atoms with Crippen LogP contribution in [0.4, 0.5) is 0 Å². The average molecular weight is 241 g/mol. The van der Waals surface area contributed by atoms with Gasteiger partial charge in [0.1, 0.15) is 11.4 Å². The van der Waals surface area contributed by atoms with Gasteiger partial charge in [0.2, 0.25) is 0 Å². The fraction of sp³-hybridized carbons (Fsp3) is 0.923. The number of rotatable bonds is 6. The van der Waals surface area contributed by atoms with E-state index in [1.807, 2.05) is 0 Å². The largest absolute Gasteiger partial charge is 0.385 e. The number of amidine groups is 1. The fourth-order valence-electron chi connectivity index (χ4n) is 2.44. The van der Waals surface area contributed by atoms with Crippen LogP contribution in [0.5, 0.6) is 0 Å². The highest BCUT2D eigenvalue weighted by molar-refractivity contribution is 5.86. The number of ether oxygens (including phenoxy) is 1. The van der Waals surface area contributed by atoms with Crippen LogP contribution in [0.2, 0.25) is 0 Å². The van der Waals surface area contributed by atoms with Crippen LogP contribution in [0, 0.1) is 11.3 Å². The maximum absolute atomic E-state index is 7.63. The molecule has 1 aliphatic heterocycles. The summed E-state index contributed by atoms with van der Waals surface area (Å²) in [5.41, 5.74) is 5.15. The molecule has 4 nitrogen and oxygen atoms in total. The third-order valence-electron chi connectivity index (χ3n) is 3.80. The lowest BCUT2D eigenvalue weighted by molar-refractivity contribution is -0.00626. The fourth-order valence-corrected chi connectivity index (χ4v) is 2.44. The molecule has 0 aromatic heterocycles. The zero-order valence-corrected chi connectivity index (χ0v) is 11.5. The summed E-state index contributed by atoms with van der Waals surface area (Å²) >= 11 is 0. The molecule has 0 radical (unpaired) electrons. The summed E-state index contributed by atoms with van der Waals surface area (Å²) in [6.07, 6.45) is 4.25. The van der Waals surface area contributed by atoms with Gasteiger partial charge in [0.05, 0.1) is 0 Å². The number of hydrogen-bond acceptors (Lipinski definition) is 3. The molecule has 0 unspecified atom stereocenters. The molecule has 0 bridgehead atoms. The van der Waals surface area contributed by atoms with E-state index in [4.69, 9.17) is 15.9 Å². The molecule has 0 aliphatic carbocycles. The van der Waals surface area contributed by atoms with Crippen LogP contribution in [0.3, 0.4) is 0 Å². The van der Waals surface area contributed by atoms with Crippen molar-refractivity contribution in [3.05, 3.63) is 0 Å². The summed E-state index contributed by atoms with van der Waals surface area (Å²) < 4.78 is 5.46. The second kappa shape index (κ2) is 6.36. The van der Waals surface area contributed by atoms with Gasteiger partial charge >= 0.3 is 0 Å². The Morgan fingerprint density at radius 3 is 2.41 bits per heavy atom. The minimum Gasteiger partial charge on any atom is -0.385 e. The number of methoxy groups -OCH3 is 1. The summed E-state index contributed by atoms with van der Waals surface area (Å²) in [4.78, 5) is 2.46. The maximum Gasteiger partial charge on any atom is 0.126 e. The van der Waals surface area contributed by atoms with E-state index in [0.29, 0.717) is 0 Å². The Bertz CT molecular complexity index is 245. The minimum atomic E-state index is -0.492. The predicted octanol–water partition coefficient (Wildman–Crippen LogP) is 1.84. The second-order valence-corrected chi connectivity index (χ2v) is 5.49. The molecular weight excluding hydrogens is 214 g/mol. The van der Waals surface area contributed by atoms with Gasteiger partial charge < -0.3 is 15.4 Å². The van der Waals surface area contributed by atoms with Crippen molar-refractivity contribution in [3.63, 3.8) is 0 Å². The van der Waals surface area contributed by atoms with E-state index in [9.17, 15) is 0 Å². The van der Waals surface area contributed by atoms with Gasteiger partial charge in [-0.25, -0.2) is 0 Å². The lowest BCUT2D eigenvalue weighted by Gasteiger charge is -2.40. The topological polar surface area (TPSA) is 62.3 Å². The van der Waals surface area contributed by atoms with Crippen molar-refractivity contribution in [2.45, 2.75) is 45.1 Å². The van der Waals surface area contributed by atoms with E-state index in [1.54, 1.807) is 7.11 Å². The highest BCUT2D eigenvalue weighted by Gasteiger charge is 2.37. The maximum atomic E-state index is 7.63. The summed E-state index contributed by atoms with van der Waals surface area (Å²) in [6, 6.07) is 0. The normalized spacial score (nSPS) is 20.7. The number of piperidine rings is 1. The molecule has 0 aromatic carbocycles. The Labute approximate surface area is 105 Å². The number of nitrogens with zero attached hydrogens (tertiary/aromatic N) is 1. The molecule has 100 valence electrons. The highest BCUT2D eigenvalue weighted by Crippen LogP contribution is 2.25. The molecule has 0 amide bonds. The van der Waals surface area contributed by atoms with Crippen LogP contribution in [0.25, 0.3) is 0 Å². The monoisotopic (exact) mass is 241 g/mol. The number of hydrogen-bond donors (Lipinski definition) is 2. The van der Waals surface area contributed by atoms with Crippen molar-refractivity contribution < 1.29 is 4.74 Å². The van der Waals surface area contributed by atoms with Gasteiger partial charge in [0.25, 0.3) is 0 Å². The Hall–Kier alpha value is -0.610. The Morgan fingerprint density at radius 1 is 1.41 bits per heavy atom. The molecule has 17 heavy (non-hydrogen) atoms. The van der Waals surface area contributed by atoms with E-state index in [2.05, 4.69) is 18.7 Å².